The summed E-state index contributed by atoms with van der Waals surface area (Å²) in [6.45, 7) is 8.00. The van der Waals surface area contributed by atoms with Crippen molar-refractivity contribution >= 4 is 55.9 Å². The average molecular weight is 252 g/mol. The Morgan fingerprint density at radius 3 is 0.667 bits per heavy atom. The van der Waals surface area contributed by atoms with Gasteiger partial charge < -0.3 is 19.2 Å². The van der Waals surface area contributed by atoms with E-state index in [9.17, 15) is 0 Å². The Kier molecular flexibility index (Phi) is 18500. The number of carbonyl (C=O) groups excluding carboxylic acids is 4. The zero-order valence-electron chi connectivity index (χ0n) is 6.13. The molecule has 4 nitrogen and oxygen atoms in total. The molecule has 0 aromatic heterocycles. The predicted molar refractivity (Wildman–Crippen MR) is 48.7 cm³/mol. The third-order valence-electron chi connectivity index (χ3n) is 0. The molecule has 0 aliphatic heterocycles. The van der Waals surface area contributed by atoms with Crippen molar-refractivity contribution in [1.29, 1.82) is 0 Å². The fourth-order valence-corrected chi connectivity index (χ4v) is 0. The van der Waals surface area contributed by atoms with Crippen LogP contribution < -0.4 is 0 Å². The van der Waals surface area contributed by atoms with E-state index in [1.807, 2.05) is 31.5 Å². The summed E-state index contributed by atoms with van der Waals surface area (Å²) < 4.78 is 1.92. The minimum absolute atomic E-state index is 0. The monoisotopic (exact) mass is 252 g/mol. The summed E-state index contributed by atoms with van der Waals surface area (Å²) in [5.74, 6) is 0. The van der Waals surface area contributed by atoms with Crippen molar-refractivity contribution in [2.24, 2.45) is 0 Å². The van der Waals surface area contributed by atoms with Gasteiger partial charge in [-0.1, -0.05) is 0 Å². The first-order valence-electron chi connectivity index (χ1n) is 1.56. The molecule has 0 aliphatic carbocycles. The minimum atomic E-state index is 0. The molecule has 0 unspecified atom stereocenters. The molecule has 0 spiro atoms. The number of hydrogen-bond acceptors (Lipinski definition) is 6. The van der Waals surface area contributed by atoms with Gasteiger partial charge in [0.05, 0.1) is 0 Å². The van der Waals surface area contributed by atoms with Crippen molar-refractivity contribution in [3.05, 3.63) is 0 Å². The maximum atomic E-state index is 8.00. The summed E-state index contributed by atoms with van der Waals surface area (Å²) in [5, 5.41) is 0. The largest absolute Gasteiger partial charge is 0.307 e. The smallest absolute Gasteiger partial charge is 0.106 e. The van der Waals surface area contributed by atoms with Gasteiger partial charge in [0.15, 0.2) is 0 Å². The third-order valence-corrected chi connectivity index (χ3v) is 0. The first-order chi connectivity index (χ1) is 5.41. The van der Waals surface area contributed by atoms with Gasteiger partial charge in [0.25, 0.3) is 0 Å². The van der Waals surface area contributed by atoms with E-state index in [1.165, 1.54) is 0 Å². The van der Waals surface area contributed by atoms with E-state index in [4.69, 9.17) is 19.2 Å². The number of carbonyl (C=O) groups is 4. The van der Waals surface area contributed by atoms with Gasteiger partial charge in [-0.3, -0.25) is 0 Å². The molecular weight excluding hydrogens is 244 g/mol. The van der Waals surface area contributed by atoms with Crippen LogP contribution in [0.2, 0.25) is 0 Å². The topological polar surface area (TPSA) is 68.3 Å². The Balaban J connectivity index is -0.00000000933. The SMILES string of the molecule is C=O.C=O.C=O.C=O.S=C=S.[Fe]. The summed E-state index contributed by atoms with van der Waals surface area (Å²) in [7, 11) is 0. The van der Waals surface area contributed by atoms with Crippen LogP contribution in [0.15, 0.2) is 0 Å². The molecule has 0 aliphatic rings. The molecule has 0 radical (unpaired) electrons. The summed E-state index contributed by atoms with van der Waals surface area (Å²) in [6, 6.07) is 0. The summed E-state index contributed by atoms with van der Waals surface area (Å²) in [4.78, 5) is 32.0. The molecular formula is C5H8FeO4S2. The first kappa shape index (κ1) is 42.2. The maximum absolute atomic E-state index is 8.00. The van der Waals surface area contributed by atoms with Gasteiger partial charge in [0.2, 0.25) is 0 Å². The van der Waals surface area contributed by atoms with Crippen LogP contribution in [0.4, 0.5) is 0 Å². The van der Waals surface area contributed by atoms with E-state index in [2.05, 4.69) is 24.4 Å². The molecule has 0 bridgehead atoms. The Morgan fingerprint density at radius 1 is 0.667 bits per heavy atom. The molecule has 0 rings (SSSR count). The molecule has 0 atom stereocenters. The van der Waals surface area contributed by atoms with Crippen LogP contribution in [0, 0.1) is 0 Å². The molecule has 0 heterocycles. The van der Waals surface area contributed by atoms with Crippen molar-refractivity contribution in [2.75, 3.05) is 0 Å². The van der Waals surface area contributed by atoms with Crippen molar-refractivity contribution in [3.8, 4) is 0 Å². The molecule has 0 aromatic rings. The van der Waals surface area contributed by atoms with Gasteiger partial charge in [-0.15, -0.1) is 0 Å². The molecule has 72 valence electrons. The fraction of sp³-hybridized carbons (Fsp3) is 0. The Hall–Kier alpha value is -0.581. The maximum Gasteiger partial charge on any atom is 0.106 e. The fourth-order valence-electron chi connectivity index (χ4n) is 0. The summed E-state index contributed by atoms with van der Waals surface area (Å²) in [6.07, 6.45) is 0. The van der Waals surface area contributed by atoms with Crippen LogP contribution >= 0.6 is 24.4 Å². The molecule has 7 heteroatoms. The molecule has 0 saturated heterocycles. The first-order valence-corrected chi connectivity index (χ1v) is 2.38. The van der Waals surface area contributed by atoms with Gasteiger partial charge in [0.1, 0.15) is 27.2 Å². The quantitative estimate of drug-likeness (QED) is 0.455. The number of rotatable bonds is 0. The second-order valence-electron chi connectivity index (χ2n) is 0.0833. The van der Waals surface area contributed by atoms with Crippen molar-refractivity contribution in [1.82, 2.24) is 0 Å². The van der Waals surface area contributed by atoms with Crippen molar-refractivity contribution in [3.63, 3.8) is 0 Å². The van der Waals surface area contributed by atoms with Crippen LogP contribution in [-0.4, -0.2) is 31.5 Å². The molecule has 0 fully saturated rings. The van der Waals surface area contributed by atoms with E-state index in [0.717, 1.165) is 0 Å². The summed E-state index contributed by atoms with van der Waals surface area (Å²) in [5.41, 5.74) is 0. The zero-order chi connectivity index (χ0) is 10.7. The zero-order valence-corrected chi connectivity index (χ0v) is 8.87. The standard InChI is InChI=1S/4CH2O.CS2.Fe/c4*1-2;2-1-3;/h4*1H2;;. The normalized spacial score (nSPS) is 2.00. The second kappa shape index (κ2) is 5250. The van der Waals surface area contributed by atoms with Crippen LogP contribution in [-0.2, 0) is 36.2 Å². The molecule has 12 heavy (non-hydrogen) atoms. The Morgan fingerprint density at radius 2 is 0.667 bits per heavy atom. The Bertz CT molecular complexity index is 69.8. The number of hydrogen-bond donors (Lipinski definition) is 0. The van der Waals surface area contributed by atoms with Gasteiger partial charge >= 0.3 is 0 Å². The second-order valence-corrected chi connectivity index (χ2v) is 0.750. The van der Waals surface area contributed by atoms with Crippen LogP contribution in [0.3, 0.4) is 0 Å². The van der Waals surface area contributed by atoms with Crippen LogP contribution in [0.5, 0.6) is 0 Å². The summed E-state index contributed by atoms with van der Waals surface area (Å²) >= 11 is 7.92. The van der Waals surface area contributed by atoms with E-state index >= 15 is 0 Å². The molecule has 0 aromatic carbocycles. The predicted octanol–water partition coefficient (Wildman–Crippen LogP) is 0.276. The Labute approximate surface area is 92.2 Å². The molecule has 0 saturated carbocycles. The van der Waals surface area contributed by atoms with Gasteiger partial charge in [-0.25, -0.2) is 0 Å². The van der Waals surface area contributed by atoms with Crippen LogP contribution in [0.1, 0.15) is 0 Å². The molecule has 0 amide bonds. The molecule has 0 N–H and O–H groups in total. The van der Waals surface area contributed by atoms with Crippen molar-refractivity contribution < 1.29 is 36.2 Å². The van der Waals surface area contributed by atoms with Gasteiger partial charge in [-0.05, 0) is 24.4 Å². The van der Waals surface area contributed by atoms with E-state index < -0.39 is 0 Å². The van der Waals surface area contributed by atoms with Crippen LogP contribution in [0.25, 0.3) is 0 Å². The third kappa shape index (κ3) is 1980. The van der Waals surface area contributed by atoms with E-state index in [-0.39, 0.29) is 17.1 Å². The minimum Gasteiger partial charge on any atom is -0.307 e. The van der Waals surface area contributed by atoms with Crippen molar-refractivity contribution in [2.45, 2.75) is 0 Å². The van der Waals surface area contributed by atoms with Gasteiger partial charge in [-0.2, -0.15) is 0 Å². The van der Waals surface area contributed by atoms with E-state index in [1.54, 1.807) is 0 Å². The van der Waals surface area contributed by atoms with Gasteiger partial charge in [0, 0.05) is 21.4 Å². The average Bonchev–Trinajstić information content (AvgIpc) is 2.18. The van der Waals surface area contributed by atoms with E-state index in [0.29, 0.717) is 0 Å². The number of thiocarbonyl (C=S) groups is 2.